The zero-order valence-electron chi connectivity index (χ0n) is 17.1. The normalized spacial score (nSPS) is 10.9. The van der Waals surface area contributed by atoms with Gasteiger partial charge in [0.1, 0.15) is 0 Å². The highest BCUT2D eigenvalue weighted by Gasteiger charge is 2.15. The first-order valence-corrected chi connectivity index (χ1v) is 10.1. The van der Waals surface area contributed by atoms with Crippen LogP contribution in [-0.2, 0) is 15.0 Å². The molecule has 2 aromatic carbocycles. The number of carbonyl (C=O) groups is 3. The standard InChI is InChI=1S/C22H26BrN3O3/c1-14-11-17(23)9-10-18(14)26-20(28)13-24-19(27)12-25-21(29)15-5-7-16(8-6-15)22(2,3)4/h5-11H,12-13H2,1-4H3,(H,24,27)(H,25,29)(H,26,28). The molecule has 3 N–H and O–H groups in total. The van der Waals surface area contributed by atoms with Crippen LogP contribution in [0, 0.1) is 6.92 Å². The number of halogens is 1. The number of amides is 3. The fourth-order valence-electron chi connectivity index (χ4n) is 2.59. The first kappa shape index (κ1) is 22.6. The molecule has 0 aliphatic heterocycles. The summed E-state index contributed by atoms with van der Waals surface area (Å²) in [7, 11) is 0. The average molecular weight is 460 g/mol. The predicted molar refractivity (Wildman–Crippen MR) is 118 cm³/mol. The zero-order chi connectivity index (χ0) is 21.6. The number of hydrogen-bond acceptors (Lipinski definition) is 3. The molecule has 0 unspecified atom stereocenters. The molecule has 2 rings (SSSR count). The number of rotatable bonds is 6. The minimum absolute atomic E-state index is 0.00422. The lowest BCUT2D eigenvalue weighted by Gasteiger charge is -2.19. The third-order valence-electron chi connectivity index (χ3n) is 4.33. The average Bonchev–Trinajstić information content (AvgIpc) is 2.66. The number of nitrogens with one attached hydrogen (secondary N) is 3. The summed E-state index contributed by atoms with van der Waals surface area (Å²) in [6.07, 6.45) is 0. The van der Waals surface area contributed by atoms with Gasteiger partial charge < -0.3 is 16.0 Å². The maximum absolute atomic E-state index is 12.2. The predicted octanol–water partition coefficient (Wildman–Crippen LogP) is 3.54. The van der Waals surface area contributed by atoms with Gasteiger partial charge in [-0.25, -0.2) is 0 Å². The van der Waals surface area contributed by atoms with E-state index in [4.69, 9.17) is 0 Å². The van der Waals surface area contributed by atoms with Crippen molar-refractivity contribution in [2.75, 3.05) is 18.4 Å². The summed E-state index contributed by atoms with van der Waals surface area (Å²) in [5.41, 5.74) is 3.20. The summed E-state index contributed by atoms with van der Waals surface area (Å²) in [6.45, 7) is 7.79. The molecule has 0 heterocycles. The molecule has 0 aliphatic rings. The van der Waals surface area contributed by atoms with Gasteiger partial charge in [0, 0.05) is 15.7 Å². The van der Waals surface area contributed by atoms with E-state index < -0.39 is 5.91 Å². The second kappa shape index (κ2) is 9.69. The quantitative estimate of drug-likeness (QED) is 0.617. The molecule has 7 heteroatoms. The molecule has 2 aromatic rings. The van der Waals surface area contributed by atoms with E-state index in [1.54, 1.807) is 18.2 Å². The van der Waals surface area contributed by atoms with E-state index in [2.05, 4.69) is 52.7 Å². The van der Waals surface area contributed by atoms with E-state index in [1.807, 2.05) is 31.2 Å². The van der Waals surface area contributed by atoms with Gasteiger partial charge in [-0.3, -0.25) is 14.4 Å². The van der Waals surface area contributed by atoms with Crippen LogP contribution in [0.15, 0.2) is 46.9 Å². The van der Waals surface area contributed by atoms with E-state index in [-0.39, 0.29) is 30.3 Å². The van der Waals surface area contributed by atoms with Crippen molar-refractivity contribution in [1.82, 2.24) is 10.6 Å². The lowest BCUT2D eigenvalue weighted by atomic mass is 9.87. The molecular weight excluding hydrogens is 434 g/mol. The number of aryl methyl sites for hydroxylation is 1. The minimum atomic E-state index is -0.438. The lowest BCUT2D eigenvalue weighted by Crippen LogP contribution is -2.40. The Kier molecular flexibility index (Phi) is 7.56. The second-order valence-electron chi connectivity index (χ2n) is 7.79. The molecular formula is C22H26BrN3O3. The Hall–Kier alpha value is -2.67. The molecule has 6 nitrogen and oxygen atoms in total. The highest BCUT2D eigenvalue weighted by molar-refractivity contribution is 9.10. The molecule has 154 valence electrons. The van der Waals surface area contributed by atoms with E-state index >= 15 is 0 Å². The van der Waals surface area contributed by atoms with E-state index in [0.29, 0.717) is 11.3 Å². The van der Waals surface area contributed by atoms with Crippen molar-refractivity contribution in [2.24, 2.45) is 0 Å². The molecule has 29 heavy (non-hydrogen) atoms. The van der Waals surface area contributed by atoms with Crippen LogP contribution < -0.4 is 16.0 Å². The first-order chi connectivity index (χ1) is 13.6. The highest BCUT2D eigenvalue weighted by atomic mass is 79.9. The Balaban J connectivity index is 1.77. The Bertz CT molecular complexity index is 903. The molecule has 0 spiro atoms. The van der Waals surface area contributed by atoms with E-state index in [0.717, 1.165) is 15.6 Å². The van der Waals surface area contributed by atoms with Gasteiger partial charge in [0.05, 0.1) is 13.1 Å². The van der Waals surface area contributed by atoms with Crippen molar-refractivity contribution < 1.29 is 14.4 Å². The number of benzene rings is 2. The molecule has 0 atom stereocenters. The minimum Gasteiger partial charge on any atom is -0.345 e. The van der Waals surface area contributed by atoms with Gasteiger partial charge in [0.25, 0.3) is 5.91 Å². The summed E-state index contributed by atoms with van der Waals surface area (Å²) in [5, 5.41) is 7.79. The van der Waals surface area contributed by atoms with Crippen LogP contribution >= 0.6 is 15.9 Å². The smallest absolute Gasteiger partial charge is 0.251 e. The fourth-order valence-corrected chi connectivity index (χ4v) is 3.06. The molecule has 0 saturated carbocycles. The summed E-state index contributed by atoms with van der Waals surface area (Å²) >= 11 is 3.37. The topological polar surface area (TPSA) is 87.3 Å². The van der Waals surface area contributed by atoms with Crippen molar-refractivity contribution in [2.45, 2.75) is 33.1 Å². The fraction of sp³-hybridized carbons (Fsp3) is 0.318. The Labute approximate surface area is 179 Å². The van der Waals surface area contributed by atoms with Gasteiger partial charge in [0.15, 0.2) is 0 Å². The Morgan fingerprint density at radius 2 is 1.52 bits per heavy atom. The Morgan fingerprint density at radius 1 is 0.897 bits per heavy atom. The molecule has 0 bridgehead atoms. The molecule has 0 saturated heterocycles. The van der Waals surface area contributed by atoms with Crippen LogP contribution in [0.5, 0.6) is 0 Å². The maximum Gasteiger partial charge on any atom is 0.251 e. The highest BCUT2D eigenvalue weighted by Crippen LogP contribution is 2.22. The monoisotopic (exact) mass is 459 g/mol. The van der Waals surface area contributed by atoms with Crippen molar-refractivity contribution in [1.29, 1.82) is 0 Å². The van der Waals surface area contributed by atoms with Crippen LogP contribution in [0.2, 0.25) is 0 Å². The van der Waals surface area contributed by atoms with Crippen LogP contribution in [-0.4, -0.2) is 30.8 Å². The number of carbonyl (C=O) groups excluding carboxylic acids is 3. The van der Waals surface area contributed by atoms with Gasteiger partial charge >= 0.3 is 0 Å². The van der Waals surface area contributed by atoms with Gasteiger partial charge in [-0.05, 0) is 53.8 Å². The van der Waals surface area contributed by atoms with Gasteiger partial charge in [-0.2, -0.15) is 0 Å². The van der Waals surface area contributed by atoms with E-state index in [1.165, 1.54) is 0 Å². The zero-order valence-corrected chi connectivity index (χ0v) is 18.6. The Morgan fingerprint density at radius 3 is 2.10 bits per heavy atom. The van der Waals surface area contributed by atoms with Crippen molar-refractivity contribution >= 4 is 39.3 Å². The number of anilines is 1. The van der Waals surface area contributed by atoms with Gasteiger partial charge in [-0.15, -0.1) is 0 Å². The molecule has 0 radical (unpaired) electrons. The van der Waals surface area contributed by atoms with Crippen LogP contribution in [0.4, 0.5) is 5.69 Å². The molecule has 0 aliphatic carbocycles. The molecule has 0 aromatic heterocycles. The summed E-state index contributed by atoms with van der Waals surface area (Å²) < 4.78 is 0.921. The third-order valence-corrected chi connectivity index (χ3v) is 4.82. The molecule has 0 fully saturated rings. The largest absolute Gasteiger partial charge is 0.345 e. The number of hydrogen-bond donors (Lipinski definition) is 3. The summed E-state index contributed by atoms with van der Waals surface area (Å²) in [5.74, 6) is -1.12. The van der Waals surface area contributed by atoms with Crippen molar-refractivity contribution in [3.05, 3.63) is 63.6 Å². The SMILES string of the molecule is Cc1cc(Br)ccc1NC(=O)CNC(=O)CNC(=O)c1ccc(C(C)(C)C)cc1. The molecule has 3 amide bonds. The lowest BCUT2D eigenvalue weighted by molar-refractivity contribution is -0.123. The van der Waals surface area contributed by atoms with E-state index in [9.17, 15) is 14.4 Å². The van der Waals surface area contributed by atoms with Gasteiger partial charge in [-0.1, -0.05) is 48.8 Å². The second-order valence-corrected chi connectivity index (χ2v) is 8.71. The van der Waals surface area contributed by atoms with Crippen LogP contribution in [0.1, 0.15) is 42.3 Å². The van der Waals surface area contributed by atoms with Crippen molar-refractivity contribution in [3.8, 4) is 0 Å². The third kappa shape index (κ3) is 7.02. The van der Waals surface area contributed by atoms with Gasteiger partial charge in [0.2, 0.25) is 11.8 Å². The maximum atomic E-state index is 12.2. The van der Waals surface area contributed by atoms with Crippen LogP contribution in [0.3, 0.4) is 0 Å². The first-order valence-electron chi connectivity index (χ1n) is 9.27. The van der Waals surface area contributed by atoms with Crippen molar-refractivity contribution in [3.63, 3.8) is 0 Å². The van der Waals surface area contributed by atoms with Crippen LogP contribution in [0.25, 0.3) is 0 Å². The summed E-state index contributed by atoms with van der Waals surface area (Å²) in [6, 6.07) is 12.8. The summed E-state index contributed by atoms with van der Waals surface area (Å²) in [4.78, 5) is 36.1.